The lowest BCUT2D eigenvalue weighted by Gasteiger charge is -2.31. The lowest BCUT2D eigenvalue weighted by molar-refractivity contribution is 0.0704. The number of sulfonamides is 1. The minimum absolute atomic E-state index is 0.0655. The van der Waals surface area contributed by atoms with E-state index in [0.29, 0.717) is 43.5 Å². The van der Waals surface area contributed by atoms with Crippen molar-refractivity contribution in [2.45, 2.75) is 76.4 Å². The molecular weight excluding hydrogens is 558 g/mol. The van der Waals surface area contributed by atoms with Gasteiger partial charge in [-0.2, -0.15) is 4.31 Å². The van der Waals surface area contributed by atoms with Crippen LogP contribution in [0.5, 0.6) is 5.19 Å². The van der Waals surface area contributed by atoms with Gasteiger partial charge in [0.1, 0.15) is 6.10 Å². The molecule has 3 aliphatic rings. The Hall–Kier alpha value is -2.60. The molecule has 41 heavy (non-hydrogen) atoms. The van der Waals surface area contributed by atoms with Crippen molar-refractivity contribution in [3.63, 3.8) is 0 Å². The molecule has 0 amide bonds. The number of fused-ring (bicyclic) bond motifs is 1. The zero-order valence-electron chi connectivity index (χ0n) is 23.8. The molecule has 1 saturated heterocycles. The fourth-order valence-electron chi connectivity index (χ4n) is 5.57. The second kappa shape index (κ2) is 11.6. The van der Waals surface area contributed by atoms with Crippen LogP contribution in [-0.4, -0.2) is 76.4 Å². The van der Waals surface area contributed by atoms with E-state index in [1.165, 1.54) is 18.4 Å². The zero-order chi connectivity index (χ0) is 28.6. The SMILES string of the molecule is CC(C)(O)CCCS(=O)(=O)N1CC=C(c2ccc3nc(OC4CCN(c5ncc(C6CC6)cn5)CC4)sc3c2)CC1. The average molecular weight is 598 g/mol. The number of ether oxygens (including phenoxy) is 1. The summed E-state index contributed by atoms with van der Waals surface area (Å²) in [6.07, 6.45) is 12.0. The number of rotatable bonds is 10. The van der Waals surface area contributed by atoms with Crippen LogP contribution in [0.3, 0.4) is 0 Å². The van der Waals surface area contributed by atoms with Crippen LogP contribution in [0, 0.1) is 0 Å². The van der Waals surface area contributed by atoms with Crippen LogP contribution in [0.1, 0.15) is 75.8 Å². The number of thiazole rings is 1. The van der Waals surface area contributed by atoms with Gasteiger partial charge in [-0.05, 0) is 80.7 Å². The molecule has 1 aliphatic carbocycles. The molecule has 6 rings (SSSR count). The largest absolute Gasteiger partial charge is 0.467 e. The Morgan fingerprint density at radius 1 is 1.10 bits per heavy atom. The maximum absolute atomic E-state index is 12.8. The van der Waals surface area contributed by atoms with Crippen molar-refractivity contribution in [2.75, 3.05) is 36.8 Å². The molecule has 1 saturated carbocycles. The normalized spacial score (nSPS) is 19.5. The monoisotopic (exact) mass is 597 g/mol. The molecule has 0 bridgehead atoms. The van der Waals surface area contributed by atoms with Gasteiger partial charge in [0.2, 0.25) is 16.0 Å². The Balaban J connectivity index is 1.03. The maximum atomic E-state index is 12.8. The number of piperidine rings is 1. The minimum Gasteiger partial charge on any atom is -0.467 e. The molecule has 4 heterocycles. The number of hydrogen-bond donors (Lipinski definition) is 1. The summed E-state index contributed by atoms with van der Waals surface area (Å²) < 4.78 is 34.5. The number of aromatic nitrogens is 3. The molecule has 2 aromatic heterocycles. The van der Waals surface area contributed by atoms with E-state index in [2.05, 4.69) is 27.0 Å². The first-order chi connectivity index (χ1) is 19.6. The van der Waals surface area contributed by atoms with Gasteiger partial charge in [0, 0.05) is 51.4 Å². The van der Waals surface area contributed by atoms with Gasteiger partial charge in [-0.25, -0.2) is 23.4 Å². The van der Waals surface area contributed by atoms with Crippen LogP contribution in [0.25, 0.3) is 15.8 Å². The van der Waals surface area contributed by atoms with Crippen LogP contribution < -0.4 is 9.64 Å². The number of nitrogens with zero attached hydrogens (tertiary/aromatic N) is 5. The molecule has 0 radical (unpaired) electrons. The Bertz CT molecular complexity index is 1500. The summed E-state index contributed by atoms with van der Waals surface area (Å²) in [5.41, 5.74) is 3.59. The molecule has 220 valence electrons. The van der Waals surface area contributed by atoms with Gasteiger partial charge in [-0.15, -0.1) is 0 Å². The van der Waals surface area contributed by atoms with Gasteiger partial charge in [-0.3, -0.25) is 0 Å². The van der Waals surface area contributed by atoms with Gasteiger partial charge in [0.25, 0.3) is 5.19 Å². The highest BCUT2D eigenvalue weighted by Gasteiger charge is 2.27. The van der Waals surface area contributed by atoms with Gasteiger partial charge >= 0.3 is 0 Å². The van der Waals surface area contributed by atoms with E-state index in [0.717, 1.165) is 53.2 Å². The van der Waals surface area contributed by atoms with E-state index in [4.69, 9.17) is 9.72 Å². The molecular formula is C30H39N5O4S2. The highest BCUT2D eigenvalue weighted by atomic mass is 32.2. The molecule has 0 spiro atoms. The van der Waals surface area contributed by atoms with Crippen molar-refractivity contribution in [1.29, 1.82) is 0 Å². The number of benzene rings is 1. The predicted molar refractivity (Wildman–Crippen MR) is 163 cm³/mol. The Morgan fingerprint density at radius 3 is 2.51 bits per heavy atom. The molecule has 1 N–H and O–H groups in total. The van der Waals surface area contributed by atoms with E-state index in [9.17, 15) is 13.5 Å². The molecule has 3 aromatic rings. The standard InChI is InChI=1S/C30H39N5O4S2/c1-30(2,36)12-3-17-41(37,38)35-15-8-22(9-16-35)23-6-7-26-27(18-23)40-29(33-26)39-25-10-13-34(14-11-25)28-31-19-24(20-32-28)21-4-5-21/h6-8,18-21,25,36H,3-5,9-17H2,1-2H3. The molecule has 1 aromatic carbocycles. The minimum atomic E-state index is -3.34. The Labute approximate surface area is 246 Å². The Morgan fingerprint density at radius 2 is 1.85 bits per heavy atom. The lowest BCUT2D eigenvalue weighted by Crippen LogP contribution is -2.39. The van der Waals surface area contributed by atoms with E-state index < -0.39 is 15.6 Å². The summed E-state index contributed by atoms with van der Waals surface area (Å²) in [6.45, 7) is 5.99. The molecule has 2 fully saturated rings. The van der Waals surface area contributed by atoms with Crippen LogP contribution in [0.4, 0.5) is 5.95 Å². The van der Waals surface area contributed by atoms with Crippen LogP contribution in [0.15, 0.2) is 36.7 Å². The van der Waals surface area contributed by atoms with E-state index in [1.54, 1.807) is 29.5 Å². The molecule has 0 unspecified atom stereocenters. The number of aliphatic hydroxyl groups is 1. The van der Waals surface area contributed by atoms with Crippen LogP contribution in [0.2, 0.25) is 0 Å². The lowest BCUT2D eigenvalue weighted by atomic mass is 10.0. The van der Waals surface area contributed by atoms with Gasteiger partial charge < -0.3 is 14.7 Å². The highest BCUT2D eigenvalue weighted by Crippen LogP contribution is 2.39. The van der Waals surface area contributed by atoms with Gasteiger partial charge in [0.05, 0.1) is 21.6 Å². The van der Waals surface area contributed by atoms with Crippen molar-refractivity contribution in [2.24, 2.45) is 0 Å². The van der Waals surface area contributed by atoms with Crippen molar-refractivity contribution in [3.8, 4) is 5.19 Å². The number of hydrogen-bond acceptors (Lipinski definition) is 9. The van der Waals surface area contributed by atoms with Gasteiger partial charge in [0.15, 0.2) is 0 Å². The number of anilines is 1. The molecule has 0 atom stereocenters. The van der Waals surface area contributed by atoms with Crippen LogP contribution in [-0.2, 0) is 10.0 Å². The molecule has 9 nitrogen and oxygen atoms in total. The third kappa shape index (κ3) is 7.07. The Kier molecular flexibility index (Phi) is 8.06. The summed E-state index contributed by atoms with van der Waals surface area (Å²) >= 11 is 1.57. The van der Waals surface area contributed by atoms with Crippen molar-refractivity contribution < 1.29 is 18.3 Å². The molecule has 2 aliphatic heterocycles. The quantitative estimate of drug-likeness (QED) is 0.349. The fourth-order valence-corrected chi connectivity index (χ4v) is 7.93. The highest BCUT2D eigenvalue weighted by molar-refractivity contribution is 7.89. The smallest absolute Gasteiger partial charge is 0.274 e. The fraction of sp³-hybridized carbons (Fsp3) is 0.567. The summed E-state index contributed by atoms with van der Waals surface area (Å²) in [4.78, 5) is 16.2. The van der Waals surface area contributed by atoms with Crippen molar-refractivity contribution in [3.05, 3.63) is 47.8 Å². The summed E-state index contributed by atoms with van der Waals surface area (Å²) in [5, 5.41) is 10.6. The van der Waals surface area contributed by atoms with Crippen LogP contribution >= 0.6 is 11.3 Å². The second-order valence-electron chi connectivity index (χ2n) is 12.1. The second-order valence-corrected chi connectivity index (χ2v) is 15.2. The summed E-state index contributed by atoms with van der Waals surface area (Å²) in [7, 11) is -3.34. The van der Waals surface area contributed by atoms with E-state index in [1.807, 2.05) is 24.5 Å². The topological polar surface area (TPSA) is 109 Å². The van der Waals surface area contributed by atoms with E-state index in [-0.39, 0.29) is 11.9 Å². The third-order valence-electron chi connectivity index (χ3n) is 8.19. The molecule has 11 heteroatoms. The predicted octanol–water partition coefficient (Wildman–Crippen LogP) is 4.98. The third-order valence-corrected chi connectivity index (χ3v) is 11.0. The first kappa shape index (κ1) is 28.5. The van der Waals surface area contributed by atoms with Crippen molar-refractivity contribution in [1.82, 2.24) is 19.3 Å². The van der Waals surface area contributed by atoms with E-state index >= 15 is 0 Å². The average Bonchev–Trinajstić information content (AvgIpc) is 3.72. The maximum Gasteiger partial charge on any atom is 0.274 e. The first-order valence-corrected chi connectivity index (χ1v) is 17.1. The zero-order valence-corrected chi connectivity index (χ0v) is 25.5. The van der Waals surface area contributed by atoms with Crippen molar-refractivity contribution >= 4 is 43.1 Å². The summed E-state index contributed by atoms with van der Waals surface area (Å²) in [6, 6.07) is 6.24. The summed E-state index contributed by atoms with van der Waals surface area (Å²) in [5.74, 6) is 1.54. The first-order valence-electron chi connectivity index (χ1n) is 14.7. The van der Waals surface area contributed by atoms with Gasteiger partial charge in [-0.1, -0.05) is 23.5 Å².